The molecule has 2 aromatic carbocycles. The van der Waals surface area contributed by atoms with Gasteiger partial charge in [0, 0.05) is 12.6 Å². The number of likely N-dealkylation sites (N-methyl/N-ethyl adjacent to an activating group) is 1. The molecule has 20 heavy (non-hydrogen) atoms. The number of phenolic OH excluding ortho intramolecular Hbond substituents is 1. The number of carbonyl (C=O) groups excluding carboxylic acids is 1. The van der Waals surface area contributed by atoms with Gasteiger partial charge in [-0.15, -0.1) is 0 Å². The number of nitrogens with zero attached hydrogens (tertiary/aromatic N) is 1. The van der Waals surface area contributed by atoms with E-state index in [1.807, 2.05) is 36.2 Å². The maximum atomic E-state index is 12.2. The molecule has 0 bridgehead atoms. The first-order chi connectivity index (χ1) is 9.61. The number of benzene rings is 2. The lowest BCUT2D eigenvalue weighted by Crippen LogP contribution is -2.25. The molecule has 0 heterocycles. The molecule has 104 valence electrons. The minimum atomic E-state index is -0.0154. The van der Waals surface area contributed by atoms with E-state index < -0.39 is 0 Å². The molecule has 0 amide bonds. The molecule has 2 rings (SSSR count). The molecular weight excluding hydrogens is 254 g/mol. The average molecular weight is 271 g/mol. The van der Waals surface area contributed by atoms with E-state index in [0.717, 1.165) is 11.4 Å². The average Bonchev–Trinajstić information content (AvgIpc) is 2.47. The number of phenols is 1. The highest BCUT2D eigenvalue weighted by molar-refractivity contribution is 5.99. The molecule has 0 atom stereocenters. The Bertz CT molecular complexity index is 593. The molecule has 0 aliphatic carbocycles. The normalized spacial score (nSPS) is 10.1. The molecule has 0 unspecified atom stereocenters. The summed E-state index contributed by atoms with van der Waals surface area (Å²) in [5, 5.41) is 9.23. The zero-order chi connectivity index (χ0) is 14.5. The predicted molar refractivity (Wildman–Crippen MR) is 78.7 cm³/mol. The standard InChI is InChI=1S/C16H17NO3/c1-17(14-5-3-4-6-16(14)20-2)11-15(19)12-7-9-13(18)10-8-12/h3-10,18H,11H2,1-2H3. The molecule has 4 heteroatoms. The quantitative estimate of drug-likeness (QED) is 0.849. The van der Waals surface area contributed by atoms with Crippen LogP contribution in [0.15, 0.2) is 48.5 Å². The van der Waals surface area contributed by atoms with Crippen LogP contribution in [0.5, 0.6) is 11.5 Å². The fraction of sp³-hybridized carbons (Fsp3) is 0.188. The van der Waals surface area contributed by atoms with Crippen LogP contribution in [0.3, 0.4) is 0 Å². The molecule has 0 saturated heterocycles. The monoisotopic (exact) mass is 271 g/mol. The number of hydrogen-bond acceptors (Lipinski definition) is 4. The largest absolute Gasteiger partial charge is 0.508 e. The van der Waals surface area contributed by atoms with Crippen molar-refractivity contribution in [3.63, 3.8) is 0 Å². The van der Waals surface area contributed by atoms with Gasteiger partial charge in [-0.1, -0.05) is 12.1 Å². The smallest absolute Gasteiger partial charge is 0.182 e. The van der Waals surface area contributed by atoms with Gasteiger partial charge in [0.1, 0.15) is 11.5 Å². The molecule has 0 aromatic heterocycles. The third-order valence-electron chi connectivity index (χ3n) is 3.07. The Labute approximate surface area is 118 Å². The summed E-state index contributed by atoms with van der Waals surface area (Å²) in [5.74, 6) is 0.867. The van der Waals surface area contributed by atoms with E-state index in [2.05, 4.69) is 0 Å². The van der Waals surface area contributed by atoms with E-state index in [-0.39, 0.29) is 18.1 Å². The minimum absolute atomic E-state index is 0.0154. The number of ether oxygens (including phenoxy) is 1. The lowest BCUT2D eigenvalue weighted by molar-refractivity contribution is 0.100. The van der Waals surface area contributed by atoms with Gasteiger partial charge in [0.25, 0.3) is 0 Å². The summed E-state index contributed by atoms with van der Waals surface area (Å²) < 4.78 is 5.28. The summed E-state index contributed by atoms with van der Waals surface area (Å²) in [4.78, 5) is 14.0. The second-order valence-corrected chi connectivity index (χ2v) is 4.50. The summed E-state index contributed by atoms with van der Waals surface area (Å²) in [7, 11) is 3.45. The Balaban J connectivity index is 2.13. The van der Waals surface area contributed by atoms with Crippen molar-refractivity contribution in [3.8, 4) is 11.5 Å². The summed E-state index contributed by atoms with van der Waals surface area (Å²) in [6.45, 7) is 0.241. The Hall–Kier alpha value is -2.49. The zero-order valence-electron chi connectivity index (χ0n) is 11.5. The Morgan fingerprint density at radius 3 is 2.45 bits per heavy atom. The van der Waals surface area contributed by atoms with E-state index in [1.165, 1.54) is 12.1 Å². The molecule has 0 saturated carbocycles. The van der Waals surface area contributed by atoms with E-state index in [0.29, 0.717) is 5.56 Å². The Morgan fingerprint density at radius 1 is 1.15 bits per heavy atom. The van der Waals surface area contributed by atoms with Gasteiger partial charge in [-0.2, -0.15) is 0 Å². The number of Topliss-reactive ketones (excluding diaryl/α,β-unsaturated/α-hetero) is 1. The van der Waals surface area contributed by atoms with E-state index in [9.17, 15) is 9.90 Å². The summed E-state index contributed by atoms with van der Waals surface area (Å²) in [6.07, 6.45) is 0. The van der Waals surface area contributed by atoms with Crippen molar-refractivity contribution in [3.05, 3.63) is 54.1 Å². The van der Waals surface area contributed by atoms with Crippen molar-refractivity contribution in [1.29, 1.82) is 0 Å². The van der Waals surface area contributed by atoms with Crippen LogP contribution in [0.2, 0.25) is 0 Å². The maximum absolute atomic E-state index is 12.2. The van der Waals surface area contributed by atoms with Crippen molar-refractivity contribution < 1.29 is 14.6 Å². The fourth-order valence-electron chi connectivity index (χ4n) is 1.98. The second-order valence-electron chi connectivity index (χ2n) is 4.50. The highest BCUT2D eigenvalue weighted by Crippen LogP contribution is 2.26. The maximum Gasteiger partial charge on any atom is 0.182 e. The molecule has 0 aliphatic rings. The summed E-state index contributed by atoms with van der Waals surface area (Å²) in [6, 6.07) is 13.8. The van der Waals surface area contributed by atoms with Crippen molar-refractivity contribution in [2.75, 3.05) is 25.6 Å². The van der Waals surface area contributed by atoms with Gasteiger partial charge < -0.3 is 14.7 Å². The van der Waals surface area contributed by atoms with Crippen molar-refractivity contribution in [2.45, 2.75) is 0 Å². The number of aromatic hydroxyl groups is 1. The van der Waals surface area contributed by atoms with E-state index >= 15 is 0 Å². The van der Waals surface area contributed by atoms with Gasteiger partial charge in [0.15, 0.2) is 5.78 Å². The Morgan fingerprint density at radius 2 is 1.80 bits per heavy atom. The Kier molecular flexibility index (Phi) is 4.25. The van der Waals surface area contributed by atoms with Gasteiger partial charge in [0.05, 0.1) is 19.3 Å². The number of anilines is 1. The number of rotatable bonds is 5. The third kappa shape index (κ3) is 3.09. The molecule has 0 fully saturated rings. The van der Waals surface area contributed by atoms with Gasteiger partial charge >= 0.3 is 0 Å². The van der Waals surface area contributed by atoms with Crippen LogP contribution in [0.1, 0.15) is 10.4 Å². The van der Waals surface area contributed by atoms with Crippen LogP contribution in [-0.2, 0) is 0 Å². The summed E-state index contributed by atoms with van der Waals surface area (Å²) in [5.41, 5.74) is 1.44. The molecule has 0 aliphatic heterocycles. The summed E-state index contributed by atoms with van der Waals surface area (Å²) >= 11 is 0. The van der Waals surface area contributed by atoms with Gasteiger partial charge in [-0.3, -0.25) is 4.79 Å². The van der Waals surface area contributed by atoms with Gasteiger partial charge in [-0.25, -0.2) is 0 Å². The molecule has 0 spiro atoms. The van der Waals surface area contributed by atoms with E-state index in [1.54, 1.807) is 19.2 Å². The SMILES string of the molecule is COc1ccccc1N(C)CC(=O)c1ccc(O)cc1. The van der Waals surface area contributed by atoms with Crippen molar-refractivity contribution >= 4 is 11.5 Å². The van der Waals surface area contributed by atoms with Crippen molar-refractivity contribution in [2.24, 2.45) is 0 Å². The molecule has 2 aromatic rings. The minimum Gasteiger partial charge on any atom is -0.508 e. The van der Waals surface area contributed by atoms with Gasteiger partial charge in [0.2, 0.25) is 0 Å². The first-order valence-corrected chi connectivity index (χ1v) is 6.28. The first kappa shape index (κ1) is 13.9. The topological polar surface area (TPSA) is 49.8 Å². The lowest BCUT2D eigenvalue weighted by Gasteiger charge is -2.20. The van der Waals surface area contributed by atoms with Crippen LogP contribution < -0.4 is 9.64 Å². The second kappa shape index (κ2) is 6.10. The van der Waals surface area contributed by atoms with Crippen molar-refractivity contribution in [1.82, 2.24) is 0 Å². The van der Waals surface area contributed by atoms with Crippen LogP contribution in [0, 0.1) is 0 Å². The van der Waals surface area contributed by atoms with Crippen LogP contribution in [0.25, 0.3) is 0 Å². The third-order valence-corrected chi connectivity index (χ3v) is 3.07. The molecular formula is C16H17NO3. The number of ketones is 1. The zero-order valence-corrected chi connectivity index (χ0v) is 11.5. The number of hydrogen-bond donors (Lipinski definition) is 1. The predicted octanol–water partition coefficient (Wildman–Crippen LogP) is 2.72. The first-order valence-electron chi connectivity index (χ1n) is 6.28. The van der Waals surface area contributed by atoms with E-state index in [4.69, 9.17) is 4.74 Å². The number of para-hydroxylation sites is 2. The number of carbonyl (C=O) groups is 1. The molecule has 0 radical (unpaired) electrons. The van der Waals surface area contributed by atoms with Crippen LogP contribution in [0.4, 0.5) is 5.69 Å². The highest BCUT2D eigenvalue weighted by atomic mass is 16.5. The van der Waals surface area contributed by atoms with Crippen LogP contribution >= 0.6 is 0 Å². The lowest BCUT2D eigenvalue weighted by atomic mass is 10.1. The highest BCUT2D eigenvalue weighted by Gasteiger charge is 2.12. The molecule has 4 nitrogen and oxygen atoms in total. The van der Waals surface area contributed by atoms with Gasteiger partial charge in [-0.05, 0) is 36.4 Å². The van der Waals surface area contributed by atoms with Crippen LogP contribution in [-0.4, -0.2) is 31.6 Å². The molecule has 1 N–H and O–H groups in total. The fourth-order valence-corrected chi connectivity index (χ4v) is 1.98. The number of methoxy groups -OCH3 is 1.